The molecule has 0 aliphatic carbocycles. The Hall–Kier alpha value is -0.610. The Labute approximate surface area is 77.5 Å². The summed E-state index contributed by atoms with van der Waals surface area (Å²) >= 11 is 0. The molecule has 2 fully saturated rings. The average molecular weight is 185 g/mol. The average Bonchev–Trinajstić information content (AvgIpc) is 2.89. The molecule has 1 unspecified atom stereocenters. The van der Waals surface area contributed by atoms with E-state index in [-0.39, 0.29) is 5.92 Å². The second kappa shape index (κ2) is 3.64. The number of epoxide rings is 1. The highest BCUT2D eigenvalue weighted by Gasteiger charge is 2.29. The number of ether oxygens (including phenoxy) is 1. The van der Waals surface area contributed by atoms with Crippen molar-refractivity contribution in [2.75, 3.05) is 26.2 Å². The van der Waals surface area contributed by atoms with Gasteiger partial charge in [-0.25, -0.2) is 0 Å². The normalized spacial score (nSPS) is 30.3. The van der Waals surface area contributed by atoms with Gasteiger partial charge in [0, 0.05) is 6.54 Å². The molecule has 1 atom stereocenters. The van der Waals surface area contributed by atoms with Gasteiger partial charge in [-0.15, -0.1) is 0 Å². The summed E-state index contributed by atoms with van der Waals surface area (Å²) in [5.74, 6) is -0.751. The first-order valence-corrected chi connectivity index (χ1v) is 4.82. The van der Waals surface area contributed by atoms with Gasteiger partial charge in [-0.1, -0.05) is 0 Å². The molecule has 4 nitrogen and oxygen atoms in total. The van der Waals surface area contributed by atoms with Crippen molar-refractivity contribution in [1.82, 2.24) is 4.90 Å². The monoisotopic (exact) mass is 185 g/mol. The highest BCUT2D eigenvalue weighted by Crippen LogP contribution is 2.19. The van der Waals surface area contributed by atoms with Crippen molar-refractivity contribution in [1.29, 1.82) is 0 Å². The van der Waals surface area contributed by atoms with Gasteiger partial charge in [0.25, 0.3) is 0 Å². The van der Waals surface area contributed by atoms with Crippen LogP contribution >= 0.6 is 0 Å². The minimum atomic E-state index is -0.637. The number of hydrogen-bond donors (Lipinski definition) is 1. The van der Waals surface area contributed by atoms with Crippen LogP contribution < -0.4 is 0 Å². The van der Waals surface area contributed by atoms with Crippen molar-refractivity contribution in [2.45, 2.75) is 18.9 Å². The fourth-order valence-corrected chi connectivity index (χ4v) is 1.82. The Morgan fingerprint density at radius 2 is 2.08 bits per heavy atom. The predicted octanol–water partition coefficient (Wildman–Crippen LogP) is 0.182. The quantitative estimate of drug-likeness (QED) is 0.637. The first-order chi connectivity index (χ1) is 6.25. The van der Waals surface area contributed by atoms with Crippen molar-refractivity contribution >= 4 is 5.97 Å². The Bertz CT molecular complexity index is 195. The molecule has 0 aromatic carbocycles. The molecule has 0 aromatic rings. The van der Waals surface area contributed by atoms with E-state index in [4.69, 9.17) is 9.84 Å². The minimum Gasteiger partial charge on any atom is -0.481 e. The fourth-order valence-electron chi connectivity index (χ4n) is 1.82. The van der Waals surface area contributed by atoms with Crippen molar-refractivity contribution < 1.29 is 14.6 Å². The number of rotatable bonds is 3. The van der Waals surface area contributed by atoms with E-state index in [1.165, 1.54) is 0 Å². The Kier molecular flexibility index (Phi) is 2.51. The van der Waals surface area contributed by atoms with E-state index < -0.39 is 5.97 Å². The van der Waals surface area contributed by atoms with Gasteiger partial charge in [-0.05, 0) is 25.9 Å². The highest BCUT2D eigenvalue weighted by atomic mass is 16.6. The molecule has 0 radical (unpaired) electrons. The van der Waals surface area contributed by atoms with Crippen LogP contribution in [0, 0.1) is 5.92 Å². The lowest BCUT2D eigenvalue weighted by molar-refractivity contribution is -0.143. The zero-order valence-electron chi connectivity index (χ0n) is 7.61. The van der Waals surface area contributed by atoms with E-state index in [0.717, 1.165) is 39.1 Å². The number of carbonyl (C=O) groups is 1. The Morgan fingerprint density at radius 3 is 2.54 bits per heavy atom. The van der Waals surface area contributed by atoms with Gasteiger partial charge in [0.1, 0.15) is 0 Å². The molecule has 1 N–H and O–H groups in total. The molecule has 2 saturated heterocycles. The van der Waals surface area contributed by atoms with Gasteiger partial charge >= 0.3 is 5.97 Å². The third-order valence-corrected chi connectivity index (χ3v) is 2.80. The number of carboxylic acids is 1. The lowest BCUT2D eigenvalue weighted by Crippen LogP contribution is -2.38. The first-order valence-electron chi connectivity index (χ1n) is 4.82. The third kappa shape index (κ3) is 2.42. The molecule has 2 rings (SSSR count). The van der Waals surface area contributed by atoms with Crippen LogP contribution in [0.25, 0.3) is 0 Å². The first kappa shape index (κ1) is 8.97. The molecule has 2 heterocycles. The van der Waals surface area contributed by atoms with Gasteiger partial charge in [-0.3, -0.25) is 4.79 Å². The van der Waals surface area contributed by atoms with Gasteiger partial charge < -0.3 is 14.7 Å². The topological polar surface area (TPSA) is 53.1 Å². The summed E-state index contributed by atoms with van der Waals surface area (Å²) < 4.78 is 5.13. The number of carboxylic acid groups (broad SMARTS) is 1. The smallest absolute Gasteiger partial charge is 0.306 e. The van der Waals surface area contributed by atoms with Gasteiger partial charge in [0.05, 0.1) is 18.6 Å². The van der Waals surface area contributed by atoms with Crippen LogP contribution in [-0.4, -0.2) is 48.3 Å². The molecule has 0 amide bonds. The van der Waals surface area contributed by atoms with Crippen LogP contribution in [0.2, 0.25) is 0 Å². The lowest BCUT2D eigenvalue weighted by atomic mass is 9.97. The van der Waals surface area contributed by atoms with Gasteiger partial charge in [0.15, 0.2) is 0 Å². The SMILES string of the molecule is O=C(O)C1CCN(CC2CO2)CC1. The molecule has 4 heteroatoms. The van der Waals surface area contributed by atoms with Crippen molar-refractivity contribution in [2.24, 2.45) is 5.92 Å². The van der Waals surface area contributed by atoms with Crippen LogP contribution in [0.4, 0.5) is 0 Å². The van der Waals surface area contributed by atoms with E-state index in [0.29, 0.717) is 6.10 Å². The number of hydrogen-bond acceptors (Lipinski definition) is 3. The van der Waals surface area contributed by atoms with Crippen LogP contribution in [0.5, 0.6) is 0 Å². The summed E-state index contributed by atoms with van der Waals surface area (Å²) in [7, 11) is 0. The van der Waals surface area contributed by atoms with E-state index in [9.17, 15) is 4.79 Å². The van der Waals surface area contributed by atoms with E-state index in [1.807, 2.05) is 0 Å². The van der Waals surface area contributed by atoms with Crippen molar-refractivity contribution in [3.05, 3.63) is 0 Å². The third-order valence-electron chi connectivity index (χ3n) is 2.80. The molecule has 2 aliphatic heterocycles. The maximum atomic E-state index is 10.7. The van der Waals surface area contributed by atoms with E-state index in [1.54, 1.807) is 0 Å². The maximum absolute atomic E-state index is 10.7. The molecular formula is C9H15NO3. The van der Waals surface area contributed by atoms with E-state index in [2.05, 4.69) is 4.90 Å². The highest BCUT2D eigenvalue weighted by molar-refractivity contribution is 5.70. The number of aliphatic carboxylic acids is 1. The molecule has 13 heavy (non-hydrogen) atoms. The molecule has 2 aliphatic rings. The van der Waals surface area contributed by atoms with Crippen LogP contribution in [0.15, 0.2) is 0 Å². The van der Waals surface area contributed by atoms with Crippen molar-refractivity contribution in [3.8, 4) is 0 Å². The molecule has 74 valence electrons. The summed E-state index contributed by atoms with van der Waals surface area (Å²) in [5, 5.41) is 8.78. The second-order valence-corrected chi connectivity index (χ2v) is 3.87. The zero-order valence-corrected chi connectivity index (χ0v) is 7.61. The molecular weight excluding hydrogens is 170 g/mol. The van der Waals surface area contributed by atoms with E-state index >= 15 is 0 Å². The summed E-state index contributed by atoms with van der Waals surface area (Å²) in [6.45, 7) is 3.71. The standard InChI is InChI=1S/C9H15NO3/c11-9(12)7-1-3-10(4-2-7)5-8-6-13-8/h7-8H,1-6H2,(H,11,12). The Morgan fingerprint density at radius 1 is 1.46 bits per heavy atom. The predicted molar refractivity (Wildman–Crippen MR) is 46.5 cm³/mol. The number of nitrogens with zero attached hydrogens (tertiary/aromatic N) is 1. The molecule has 0 saturated carbocycles. The molecule has 0 spiro atoms. The second-order valence-electron chi connectivity index (χ2n) is 3.87. The van der Waals surface area contributed by atoms with Crippen LogP contribution in [0.3, 0.4) is 0 Å². The van der Waals surface area contributed by atoms with Crippen molar-refractivity contribution in [3.63, 3.8) is 0 Å². The zero-order chi connectivity index (χ0) is 9.26. The summed E-state index contributed by atoms with van der Waals surface area (Å²) in [6, 6.07) is 0. The number of piperidine rings is 1. The van der Waals surface area contributed by atoms with Crippen LogP contribution in [-0.2, 0) is 9.53 Å². The lowest BCUT2D eigenvalue weighted by Gasteiger charge is -2.29. The molecule has 0 bridgehead atoms. The largest absolute Gasteiger partial charge is 0.481 e. The summed E-state index contributed by atoms with van der Waals surface area (Å²) in [6.07, 6.45) is 2.02. The number of likely N-dealkylation sites (tertiary alicyclic amines) is 1. The molecule has 0 aromatic heterocycles. The fraction of sp³-hybridized carbons (Fsp3) is 0.889. The maximum Gasteiger partial charge on any atom is 0.306 e. The Balaban J connectivity index is 1.71. The van der Waals surface area contributed by atoms with Gasteiger partial charge in [-0.2, -0.15) is 0 Å². The minimum absolute atomic E-state index is 0.114. The summed E-state index contributed by atoms with van der Waals surface area (Å²) in [5.41, 5.74) is 0. The van der Waals surface area contributed by atoms with Crippen LogP contribution in [0.1, 0.15) is 12.8 Å². The van der Waals surface area contributed by atoms with Gasteiger partial charge in [0.2, 0.25) is 0 Å². The summed E-state index contributed by atoms with van der Waals surface area (Å²) in [4.78, 5) is 13.0.